The second-order valence-electron chi connectivity index (χ2n) is 6.85. The number of halogens is 1. The van der Waals surface area contributed by atoms with Gasteiger partial charge in [0.15, 0.2) is 0 Å². The lowest BCUT2D eigenvalue weighted by Gasteiger charge is -2.23. The molecule has 1 amide bonds. The van der Waals surface area contributed by atoms with Crippen molar-refractivity contribution in [2.45, 2.75) is 32.0 Å². The van der Waals surface area contributed by atoms with Gasteiger partial charge in [-0.2, -0.15) is 0 Å². The van der Waals surface area contributed by atoms with Gasteiger partial charge < -0.3 is 5.32 Å². The summed E-state index contributed by atoms with van der Waals surface area (Å²) in [5, 5.41) is 12.3. The number of nitrogens with zero attached hydrogens (tertiary/aromatic N) is 3. The molecular weight excluding hydrogens is 375 g/mol. The molecule has 1 aromatic heterocycles. The maximum absolute atomic E-state index is 12.9. The molecule has 2 aromatic carbocycles. The number of nitrogens with one attached hydrogen (secondary N) is 1. The predicted molar refractivity (Wildman–Crippen MR) is 106 cm³/mol. The van der Waals surface area contributed by atoms with E-state index in [0.717, 1.165) is 30.0 Å². The minimum absolute atomic E-state index is 0.255. The Kier molecular flexibility index (Phi) is 5.73. The molecule has 1 fully saturated rings. The summed E-state index contributed by atoms with van der Waals surface area (Å²) in [6.45, 7) is 2.05. The summed E-state index contributed by atoms with van der Waals surface area (Å²) >= 11 is 1.33. The number of likely N-dealkylation sites (tertiary alicyclic amines) is 1. The molecule has 0 aliphatic carbocycles. The van der Waals surface area contributed by atoms with E-state index in [4.69, 9.17) is 0 Å². The third-order valence-corrected chi connectivity index (χ3v) is 5.82. The zero-order valence-electron chi connectivity index (χ0n) is 15.3. The highest BCUT2D eigenvalue weighted by atomic mass is 32.1. The smallest absolute Gasteiger partial charge is 0.282 e. The van der Waals surface area contributed by atoms with Gasteiger partial charge in [-0.15, -0.1) is 10.2 Å². The molecule has 0 bridgehead atoms. The van der Waals surface area contributed by atoms with E-state index in [0.29, 0.717) is 24.1 Å². The van der Waals surface area contributed by atoms with Crippen LogP contribution in [0.5, 0.6) is 0 Å². The molecule has 5 nitrogen and oxygen atoms in total. The van der Waals surface area contributed by atoms with E-state index >= 15 is 0 Å². The lowest BCUT2D eigenvalue weighted by atomic mass is 10.0. The van der Waals surface area contributed by atoms with E-state index < -0.39 is 0 Å². The number of aromatic nitrogens is 2. The van der Waals surface area contributed by atoms with Crippen LogP contribution < -0.4 is 5.32 Å². The molecule has 4 rings (SSSR count). The van der Waals surface area contributed by atoms with Gasteiger partial charge in [0.25, 0.3) is 5.91 Å². The van der Waals surface area contributed by atoms with Gasteiger partial charge in [-0.05, 0) is 42.6 Å². The molecule has 0 radical (unpaired) electrons. The Bertz CT molecular complexity index is 929. The Morgan fingerprint density at radius 1 is 1.14 bits per heavy atom. The molecule has 2 heterocycles. The molecule has 144 valence electrons. The van der Waals surface area contributed by atoms with Gasteiger partial charge in [-0.25, -0.2) is 4.39 Å². The third kappa shape index (κ3) is 4.43. The van der Waals surface area contributed by atoms with Gasteiger partial charge >= 0.3 is 0 Å². The summed E-state index contributed by atoms with van der Waals surface area (Å²) in [6.07, 6.45) is 2.29. The van der Waals surface area contributed by atoms with Gasteiger partial charge in [-0.3, -0.25) is 9.69 Å². The quantitative estimate of drug-likeness (QED) is 0.686. The minimum atomic E-state index is -0.292. The standard InChI is InChI=1S/C21H21FN4OS/c22-17-10-8-15(9-11-17)13-23-20(27)21-25-24-19(28-21)14-26-12-4-7-18(26)16-5-2-1-3-6-16/h1-3,5-6,8-11,18H,4,7,12-14H2,(H,23,27)/t18-/m1/s1. The van der Waals surface area contributed by atoms with Crippen LogP contribution in [0.4, 0.5) is 4.39 Å². The molecule has 0 saturated carbocycles. The first kappa shape index (κ1) is 18.7. The zero-order chi connectivity index (χ0) is 19.3. The molecule has 1 saturated heterocycles. The Balaban J connectivity index is 1.36. The minimum Gasteiger partial charge on any atom is -0.346 e. The van der Waals surface area contributed by atoms with Crippen molar-refractivity contribution >= 4 is 17.2 Å². The van der Waals surface area contributed by atoms with Crippen LogP contribution in [-0.2, 0) is 13.1 Å². The van der Waals surface area contributed by atoms with Crippen molar-refractivity contribution in [3.63, 3.8) is 0 Å². The van der Waals surface area contributed by atoms with Gasteiger partial charge in [0.05, 0.1) is 6.54 Å². The van der Waals surface area contributed by atoms with Crippen LogP contribution >= 0.6 is 11.3 Å². The van der Waals surface area contributed by atoms with Crippen molar-refractivity contribution < 1.29 is 9.18 Å². The Morgan fingerprint density at radius 2 is 1.93 bits per heavy atom. The van der Waals surface area contributed by atoms with Crippen LogP contribution in [-0.4, -0.2) is 27.5 Å². The fraction of sp³-hybridized carbons (Fsp3) is 0.286. The summed E-state index contributed by atoms with van der Waals surface area (Å²) in [7, 11) is 0. The molecule has 1 aliphatic heterocycles. The molecule has 0 unspecified atom stereocenters. The van der Waals surface area contributed by atoms with Crippen molar-refractivity contribution in [3.05, 3.63) is 81.6 Å². The predicted octanol–water partition coefficient (Wildman–Crippen LogP) is 3.94. The number of benzene rings is 2. The second-order valence-corrected chi connectivity index (χ2v) is 7.91. The van der Waals surface area contributed by atoms with Crippen LogP contribution in [0, 0.1) is 5.82 Å². The molecular formula is C21H21FN4OS. The number of hydrogen-bond acceptors (Lipinski definition) is 5. The largest absolute Gasteiger partial charge is 0.346 e. The summed E-state index contributed by atoms with van der Waals surface area (Å²) in [5.74, 6) is -0.548. The summed E-state index contributed by atoms with van der Waals surface area (Å²) in [5.41, 5.74) is 2.16. The third-order valence-electron chi connectivity index (χ3n) is 4.91. The maximum Gasteiger partial charge on any atom is 0.282 e. The molecule has 7 heteroatoms. The Labute approximate surface area is 167 Å². The molecule has 0 spiro atoms. The highest BCUT2D eigenvalue weighted by Crippen LogP contribution is 2.33. The average molecular weight is 396 g/mol. The van der Waals surface area contributed by atoms with Crippen LogP contribution in [0.15, 0.2) is 54.6 Å². The van der Waals surface area contributed by atoms with Crippen LogP contribution in [0.25, 0.3) is 0 Å². The summed E-state index contributed by atoms with van der Waals surface area (Å²) < 4.78 is 12.9. The van der Waals surface area contributed by atoms with E-state index in [1.54, 1.807) is 12.1 Å². The first-order valence-corrected chi connectivity index (χ1v) is 10.1. The molecule has 3 aromatic rings. The van der Waals surface area contributed by atoms with E-state index in [1.165, 1.54) is 29.0 Å². The first-order chi connectivity index (χ1) is 13.7. The number of rotatable bonds is 6. The zero-order valence-corrected chi connectivity index (χ0v) is 16.2. The number of carbonyl (C=O) groups is 1. The van der Waals surface area contributed by atoms with Crippen LogP contribution in [0.2, 0.25) is 0 Å². The second kappa shape index (κ2) is 8.58. The summed E-state index contributed by atoms with van der Waals surface area (Å²) in [6, 6.07) is 16.9. The molecule has 1 N–H and O–H groups in total. The Hall–Kier alpha value is -2.64. The fourth-order valence-electron chi connectivity index (χ4n) is 3.51. The van der Waals surface area contributed by atoms with E-state index in [9.17, 15) is 9.18 Å². The Morgan fingerprint density at radius 3 is 2.71 bits per heavy atom. The molecule has 28 heavy (non-hydrogen) atoms. The van der Waals surface area contributed by atoms with Crippen molar-refractivity contribution in [1.82, 2.24) is 20.4 Å². The topological polar surface area (TPSA) is 58.1 Å². The van der Waals surface area contributed by atoms with Gasteiger partial charge in [0.2, 0.25) is 5.01 Å². The van der Waals surface area contributed by atoms with Gasteiger partial charge in [0, 0.05) is 12.6 Å². The normalized spacial score (nSPS) is 17.0. The fourth-order valence-corrected chi connectivity index (χ4v) is 4.29. The van der Waals surface area contributed by atoms with E-state index in [-0.39, 0.29) is 11.7 Å². The molecule has 1 aliphatic rings. The van der Waals surface area contributed by atoms with Crippen molar-refractivity contribution in [1.29, 1.82) is 0 Å². The van der Waals surface area contributed by atoms with Crippen molar-refractivity contribution in [2.75, 3.05) is 6.54 Å². The monoisotopic (exact) mass is 396 g/mol. The average Bonchev–Trinajstić information content (AvgIpc) is 3.38. The highest BCUT2D eigenvalue weighted by molar-refractivity contribution is 7.13. The van der Waals surface area contributed by atoms with E-state index in [2.05, 4.69) is 44.7 Å². The number of amides is 1. The molecule has 1 atom stereocenters. The van der Waals surface area contributed by atoms with E-state index in [1.807, 2.05) is 6.07 Å². The SMILES string of the molecule is O=C(NCc1ccc(F)cc1)c1nnc(CN2CCC[C@@H]2c2ccccc2)s1. The first-order valence-electron chi connectivity index (χ1n) is 9.33. The van der Waals surface area contributed by atoms with Crippen molar-refractivity contribution in [2.24, 2.45) is 0 Å². The van der Waals surface area contributed by atoms with Gasteiger partial charge in [0.1, 0.15) is 10.8 Å². The number of hydrogen-bond donors (Lipinski definition) is 1. The highest BCUT2D eigenvalue weighted by Gasteiger charge is 2.27. The summed E-state index contributed by atoms with van der Waals surface area (Å²) in [4.78, 5) is 14.7. The van der Waals surface area contributed by atoms with Crippen LogP contribution in [0.1, 0.15) is 44.8 Å². The number of carbonyl (C=O) groups excluding carboxylic acids is 1. The van der Waals surface area contributed by atoms with Crippen LogP contribution in [0.3, 0.4) is 0 Å². The van der Waals surface area contributed by atoms with Gasteiger partial charge in [-0.1, -0.05) is 53.8 Å². The lowest BCUT2D eigenvalue weighted by molar-refractivity contribution is 0.0950. The van der Waals surface area contributed by atoms with Crippen molar-refractivity contribution in [3.8, 4) is 0 Å². The maximum atomic E-state index is 12.9. The lowest BCUT2D eigenvalue weighted by Crippen LogP contribution is -2.22.